The second-order valence-electron chi connectivity index (χ2n) is 4.63. The van der Waals surface area contributed by atoms with E-state index in [0.717, 1.165) is 11.3 Å². The highest BCUT2D eigenvalue weighted by molar-refractivity contribution is 7.09. The minimum absolute atomic E-state index is 0.0812. The standard InChI is InChI=1S/C15H18N2OS/c1-11(12-4-6-13(16)7-5-12)9-15(18)17-10-14-3-2-8-19-14/h2-8,11H,9-10,16H2,1H3,(H,17,18). The topological polar surface area (TPSA) is 55.1 Å². The van der Waals surface area contributed by atoms with Gasteiger partial charge in [-0.25, -0.2) is 0 Å². The third-order valence-electron chi connectivity index (χ3n) is 3.04. The van der Waals surface area contributed by atoms with Gasteiger partial charge in [0.15, 0.2) is 0 Å². The van der Waals surface area contributed by atoms with Crippen molar-refractivity contribution in [2.75, 3.05) is 5.73 Å². The van der Waals surface area contributed by atoms with E-state index in [0.29, 0.717) is 13.0 Å². The molecule has 0 aliphatic carbocycles. The Bertz CT molecular complexity index is 520. The van der Waals surface area contributed by atoms with Gasteiger partial charge in [-0.15, -0.1) is 11.3 Å². The van der Waals surface area contributed by atoms with Crippen molar-refractivity contribution >= 4 is 22.9 Å². The summed E-state index contributed by atoms with van der Waals surface area (Å²) in [4.78, 5) is 13.0. The molecule has 0 aliphatic heterocycles. The first-order valence-electron chi connectivity index (χ1n) is 6.29. The van der Waals surface area contributed by atoms with Gasteiger partial charge in [0.05, 0.1) is 6.54 Å². The molecule has 0 aliphatic rings. The summed E-state index contributed by atoms with van der Waals surface area (Å²) in [7, 11) is 0. The van der Waals surface area contributed by atoms with Crippen LogP contribution in [0.15, 0.2) is 41.8 Å². The van der Waals surface area contributed by atoms with Gasteiger partial charge < -0.3 is 11.1 Å². The number of benzene rings is 1. The molecule has 1 aromatic heterocycles. The van der Waals surface area contributed by atoms with Gasteiger partial charge in [0, 0.05) is 17.0 Å². The van der Waals surface area contributed by atoms with Crippen molar-refractivity contribution < 1.29 is 4.79 Å². The zero-order valence-electron chi connectivity index (χ0n) is 10.9. The van der Waals surface area contributed by atoms with Crippen LogP contribution in [0.25, 0.3) is 0 Å². The number of hydrogen-bond donors (Lipinski definition) is 2. The van der Waals surface area contributed by atoms with E-state index in [-0.39, 0.29) is 11.8 Å². The number of hydrogen-bond acceptors (Lipinski definition) is 3. The van der Waals surface area contributed by atoms with Crippen LogP contribution in [-0.4, -0.2) is 5.91 Å². The molecule has 19 heavy (non-hydrogen) atoms. The Morgan fingerprint density at radius 1 is 1.32 bits per heavy atom. The highest BCUT2D eigenvalue weighted by atomic mass is 32.1. The number of thiophene rings is 1. The van der Waals surface area contributed by atoms with Crippen LogP contribution in [-0.2, 0) is 11.3 Å². The largest absolute Gasteiger partial charge is 0.399 e. The summed E-state index contributed by atoms with van der Waals surface area (Å²) in [6.07, 6.45) is 0.495. The van der Waals surface area contributed by atoms with Crippen LogP contribution < -0.4 is 11.1 Å². The molecule has 0 spiro atoms. The zero-order chi connectivity index (χ0) is 13.7. The van der Waals surface area contributed by atoms with Crippen LogP contribution >= 0.6 is 11.3 Å². The fourth-order valence-electron chi connectivity index (χ4n) is 1.89. The number of rotatable bonds is 5. The summed E-state index contributed by atoms with van der Waals surface area (Å²) >= 11 is 1.65. The predicted octanol–water partition coefficient (Wildman–Crippen LogP) is 3.14. The number of anilines is 1. The molecular formula is C15H18N2OS. The van der Waals surface area contributed by atoms with E-state index in [1.807, 2.05) is 41.8 Å². The predicted molar refractivity (Wildman–Crippen MR) is 80.1 cm³/mol. The van der Waals surface area contributed by atoms with Gasteiger partial charge in [-0.2, -0.15) is 0 Å². The highest BCUT2D eigenvalue weighted by Gasteiger charge is 2.11. The fourth-order valence-corrected chi connectivity index (χ4v) is 2.54. The van der Waals surface area contributed by atoms with Crippen molar-refractivity contribution in [2.24, 2.45) is 0 Å². The van der Waals surface area contributed by atoms with E-state index in [2.05, 4.69) is 12.2 Å². The van der Waals surface area contributed by atoms with Crippen molar-refractivity contribution in [1.29, 1.82) is 0 Å². The van der Waals surface area contributed by atoms with Gasteiger partial charge in [-0.1, -0.05) is 25.1 Å². The van der Waals surface area contributed by atoms with E-state index in [4.69, 9.17) is 5.73 Å². The lowest BCUT2D eigenvalue weighted by Gasteiger charge is -2.12. The molecule has 0 bridgehead atoms. The summed E-state index contributed by atoms with van der Waals surface area (Å²) in [5.41, 5.74) is 7.54. The first-order valence-corrected chi connectivity index (χ1v) is 7.17. The molecule has 3 N–H and O–H groups in total. The van der Waals surface area contributed by atoms with Crippen molar-refractivity contribution in [1.82, 2.24) is 5.32 Å². The molecule has 2 rings (SSSR count). The Morgan fingerprint density at radius 3 is 2.68 bits per heavy atom. The first kappa shape index (κ1) is 13.6. The average molecular weight is 274 g/mol. The molecule has 0 radical (unpaired) electrons. The van der Waals surface area contributed by atoms with E-state index in [1.54, 1.807) is 11.3 Å². The first-order chi connectivity index (χ1) is 9.15. The molecule has 3 nitrogen and oxygen atoms in total. The number of nitrogens with one attached hydrogen (secondary N) is 1. The second-order valence-corrected chi connectivity index (χ2v) is 5.66. The van der Waals surface area contributed by atoms with Crippen LogP contribution in [0.2, 0.25) is 0 Å². The molecule has 1 unspecified atom stereocenters. The van der Waals surface area contributed by atoms with Crippen LogP contribution in [0.3, 0.4) is 0 Å². The molecule has 0 saturated heterocycles. The quantitative estimate of drug-likeness (QED) is 0.823. The van der Waals surface area contributed by atoms with Gasteiger partial charge in [0.25, 0.3) is 0 Å². The third-order valence-corrected chi connectivity index (χ3v) is 3.91. The van der Waals surface area contributed by atoms with E-state index >= 15 is 0 Å². The number of carbonyl (C=O) groups excluding carboxylic acids is 1. The molecule has 2 aromatic rings. The Labute approximate surface area is 117 Å². The maximum absolute atomic E-state index is 11.9. The fraction of sp³-hybridized carbons (Fsp3) is 0.267. The Kier molecular flexibility index (Phi) is 4.58. The highest BCUT2D eigenvalue weighted by Crippen LogP contribution is 2.20. The van der Waals surface area contributed by atoms with Crippen molar-refractivity contribution in [3.63, 3.8) is 0 Å². The van der Waals surface area contributed by atoms with Gasteiger partial charge >= 0.3 is 0 Å². The van der Waals surface area contributed by atoms with Crippen molar-refractivity contribution in [3.8, 4) is 0 Å². The zero-order valence-corrected chi connectivity index (χ0v) is 11.7. The van der Waals surface area contributed by atoms with Gasteiger partial charge in [0.2, 0.25) is 5.91 Å². The molecule has 4 heteroatoms. The normalized spacial score (nSPS) is 12.1. The van der Waals surface area contributed by atoms with Crippen LogP contribution in [0.4, 0.5) is 5.69 Å². The minimum atomic E-state index is 0.0812. The van der Waals surface area contributed by atoms with Gasteiger partial charge in [-0.05, 0) is 35.1 Å². The molecule has 1 amide bonds. The number of amides is 1. The summed E-state index contributed by atoms with van der Waals surface area (Å²) < 4.78 is 0. The molecule has 100 valence electrons. The summed E-state index contributed by atoms with van der Waals surface area (Å²) in [6, 6.07) is 11.7. The SMILES string of the molecule is CC(CC(=O)NCc1cccs1)c1ccc(N)cc1. The van der Waals surface area contributed by atoms with E-state index in [1.165, 1.54) is 4.88 Å². The lowest BCUT2D eigenvalue weighted by molar-refractivity contribution is -0.121. The van der Waals surface area contributed by atoms with Crippen LogP contribution in [0, 0.1) is 0 Å². The van der Waals surface area contributed by atoms with Crippen molar-refractivity contribution in [3.05, 3.63) is 52.2 Å². The minimum Gasteiger partial charge on any atom is -0.399 e. The Balaban J connectivity index is 1.83. The van der Waals surface area contributed by atoms with Gasteiger partial charge in [0.1, 0.15) is 0 Å². The molecule has 1 atom stereocenters. The number of nitrogens with two attached hydrogens (primary N) is 1. The average Bonchev–Trinajstić information content (AvgIpc) is 2.90. The van der Waals surface area contributed by atoms with Crippen LogP contribution in [0.5, 0.6) is 0 Å². The Hall–Kier alpha value is -1.81. The number of nitrogen functional groups attached to an aromatic ring is 1. The molecule has 1 aromatic carbocycles. The smallest absolute Gasteiger partial charge is 0.220 e. The lowest BCUT2D eigenvalue weighted by Crippen LogP contribution is -2.23. The summed E-state index contributed by atoms with van der Waals surface area (Å²) in [5, 5.41) is 4.96. The summed E-state index contributed by atoms with van der Waals surface area (Å²) in [6.45, 7) is 2.67. The van der Waals surface area contributed by atoms with Crippen molar-refractivity contribution in [2.45, 2.75) is 25.8 Å². The molecular weight excluding hydrogens is 256 g/mol. The third kappa shape index (κ3) is 4.10. The molecule has 0 fully saturated rings. The molecule has 1 heterocycles. The summed E-state index contributed by atoms with van der Waals surface area (Å²) in [5.74, 6) is 0.279. The second kappa shape index (κ2) is 6.38. The van der Waals surface area contributed by atoms with Crippen LogP contribution in [0.1, 0.15) is 29.7 Å². The molecule has 0 saturated carbocycles. The van der Waals surface area contributed by atoms with E-state index in [9.17, 15) is 4.79 Å². The van der Waals surface area contributed by atoms with Gasteiger partial charge in [-0.3, -0.25) is 4.79 Å². The maximum Gasteiger partial charge on any atom is 0.220 e. The van der Waals surface area contributed by atoms with E-state index < -0.39 is 0 Å². The Morgan fingerprint density at radius 2 is 2.05 bits per heavy atom. The lowest BCUT2D eigenvalue weighted by atomic mass is 9.97. The monoisotopic (exact) mass is 274 g/mol. The number of carbonyl (C=O) groups is 1. The maximum atomic E-state index is 11.9.